The van der Waals surface area contributed by atoms with Gasteiger partial charge in [0.1, 0.15) is 5.82 Å². The van der Waals surface area contributed by atoms with E-state index in [0.29, 0.717) is 35.5 Å². The Morgan fingerprint density at radius 3 is 2.50 bits per heavy atom. The number of ether oxygens (including phenoxy) is 2. The van der Waals surface area contributed by atoms with Crippen molar-refractivity contribution in [1.82, 2.24) is 0 Å². The Balaban J connectivity index is 0.00000162. The number of fused-ring (bicyclic) bond motifs is 1. The zero-order valence-electron chi connectivity index (χ0n) is 16.8. The van der Waals surface area contributed by atoms with E-state index >= 15 is 0 Å². The van der Waals surface area contributed by atoms with Gasteiger partial charge in [-0.3, -0.25) is 4.79 Å². The predicted molar refractivity (Wildman–Crippen MR) is 120 cm³/mol. The number of amides is 1. The van der Waals surface area contributed by atoms with Crippen LogP contribution in [0.1, 0.15) is 21.3 Å². The molecular formula is C23H23FN2O5S. The summed E-state index contributed by atoms with van der Waals surface area (Å²) in [5, 5.41) is 7.91. The van der Waals surface area contributed by atoms with Gasteiger partial charge < -0.3 is 14.8 Å². The van der Waals surface area contributed by atoms with Crippen LogP contribution in [-0.4, -0.2) is 21.1 Å². The third-order valence-corrected chi connectivity index (χ3v) is 6.73. The molecule has 3 N–H and O–H groups in total. The first-order chi connectivity index (χ1) is 15.3. The fourth-order valence-electron chi connectivity index (χ4n) is 3.86. The van der Waals surface area contributed by atoms with Gasteiger partial charge in [-0.2, -0.15) is 0 Å². The lowest BCUT2D eigenvalue weighted by Gasteiger charge is -2.17. The lowest BCUT2D eigenvalue weighted by Crippen LogP contribution is -2.28. The largest absolute Gasteiger partial charge is 0.454 e. The van der Waals surface area contributed by atoms with E-state index in [9.17, 15) is 17.6 Å². The Labute approximate surface area is 187 Å². The molecule has 0 saturated heterocycles. The summed E-state index contributed by atoms with van der Waals surface area (Å²) in [4.78, 5) is 13.1. The van der Waals surface area contributed by atoms with Crippen LogP contribution in [0.5, 0.6) is 11.5 Å². The number of halogens is 1. The van der Waals surface area contributed by atoms with Gasteiger partial charge in [0.25, 0.3) is 0 Å². The number of benzene rings is 3. The summed E-state index contributed by atoms with van der Waals surface area (Å²) in [5.41, 5.74) is 1.12. The molecule has 0 unspecified atom stereocenters. The van der Waals surface area contributed by atoms with Crippen LogP contribution in [0.3, 0.4) is 0 Å². The van der Waals surface area contributed by atoms with Crippen molar-refractivity contribution in [2.45, 2.75) is 23.2 Å². The van der Waals surface area contributed by atoms with Crippen LogP contribution in [-0.2, 0) is 20.2 Å². The molecule has 1 amide bonds. The first-order valence-electron chi connectivity index (χ1n) is 9.91. The standard InChI is InChI=1S/C23H19FN2O5S.2H2/c24-18-6-4-15(14-2-1-3-17(10-14)32(25,28)29)11-19(18)26-22(27)23(8-9-23)16-5-7-20-21(12-16)31-13-30-20;;/h1-7,10-12H,8-9,13H2,(H,26,27)(H2,25,28,29);2*1H. The van der Waals surface area contributed by atoms with Gasteiger partial charge in [0.15, 0.2) is 11.5 Å². The van der Waals surface area contributed by atoms with Gasteiger partial charge in [-0.25, -0.2) is 17.9 Å². The maximum absolute atomic E-state index is 14.5. The maximum Gasteiger partial charge on any atom is 0.238 e. The summed E-state index contributed by atoms with van der Waals surface area (Å²) in [6.45, 7) is 0.142. The van der Waals surface area contributed by atoms with E-state index in [1.54, 1.807) is 24.3 Å². The monoisotopic (exact) mass is 458 g/mol. The van der Waals surface area contributed by atoms with Gasteiger partial charge >= 0.3 is 0 Å². The molecule has 3 aromatic carbocycles. The molecule has 0 aromatic heterocycles. The summed E-state index contributed by atoms with van der Waals surface area (Å²) in [7, 11) is -3.88. The van der Waals surface area contributed by atoms with Crippen LogP contribution in [0.15, 0.2) is 65.6 Å². The van der Waals surface area contributed by atoms with Crippen molar-refractivity contribution in [2.75, 3.05) is 12.1 Å². The van der Waals surface area contributed by atoms with Crippen molar-refractivity contribution in [3.8, 4) is 22.6 Å². The summed E-state index contributed by atoms with van der Waals surface area (Å²) >= 11 is 0. The number of hydrogen-bond donors (Lipinski definition) is 2. The van der Waals surface area contributed by atoms with E-state index in [-0.39, 0.29) is 26.1 Å². The Morgan fingerprint density at radius 2 is 1.75 bits per heavy atom. The van der Waals surface area contributed by atoms with Crippen molar-refractivity contribution in [3.05, 3.63) is 72.0 Å². The molecule has 168 valence electrons. The van der Waals surface area contributed by atoms with Gasteiger partial charge in [0, 0.05) is 2.85 Å². The van der Waals surface area contributed by atoms with Crippen LogP contribution in [0.2, 0.25) is 0 Å². The molecule has 3 aromatic rings. The highest BCUT2D eigenvalue weighted by molar-refractivity contribution is 7.89. The topological polar surface area (TPSA) is 108 Å². The smallest absolute Gasteiger partial charge is 0.238 e. The fraction of sp³-hybridized carbons (Fsp3) is 0.174. The molecular weight excluding hydrogens is 435 g/mol. The second-order valence-corrected chi connectivity index (χ2v) is 9.43. The average Bonchev–Trinajstić information content (AvgIpc) is 3.45. The molecule has 7 nitrogen and oxygen atoms in total. The molecule has 32 heavy (non-hydrogen) atoms. The van der Waals surface area contributed by atoms with Crippen molar-refractivity contribution in [3.63, 3.8) is 0 Å². The number of anilines is 1. The molecule has 0 spiro atoms. The summed E-state index contributed by atoms with van der Waals surface area (Å²) in [5.74, 6) is 0.312. The number of hydrogen-bond acceptors (Lipinski definition) is 5. The van der Waals surface area contributed by atoms with Crippen LogP contribution in [0.4, 0.5) is 10.1 Å². The zero-order chi connectivity index (χ0) is 22.5. The summed E-state index contributed by atoms with van der Waals surface area (Å²) < 4.78 is 48.6. The van der Waals surface area contributed by atoms with Gasteiger partial charge in [-0.1, -0.05) is 24.3 Å². The molecule has 5 rings (SSSR count). The molecule has 1 aliphatic heterocycles. The zero-order valence-corrected chi connectivity index (χ0v) is 17.6. The highest BCUT2D eigenvalue weighted by Crippen LogP contribution is 2.51. The summed E-state index contributed by atoms with van der Waals surface area (Å²) in [6.07, 6.45) is 1.27. The molecule has 1 heterocycles. The van der Waals surface area contributed by atoms with Crippen LogP contribution >= 0.6 is 0 Å². The van der Waals surface area contributed by atoms with E-state index in [1.165, 1.54) is 30.3 Å². The number of carbonyl (C=O) groups is 1. The van der Waals surface area contributed by atoms with E-state index in [1.807, 2.05) is 6.07 Å². The van der Waals surface area contributed by atoms with Crippen molar-refractivity contribution in [2.24, 2.45) is 5.14 Å². The molecule has 1 aliphatic carbocycles. The lowest BCUT2D eigenvalue weighted by molar-refractivity contribution is -0.118. The number of sulfonamides is 1. The fourth-order valence-corrected chi connectivity index (χ4v) is 4.42. The Kier molecular flexibility index (Phi) is 4.68. The molecule has 9 heteroatoms. The molecule has 0 bridgehead atoms. The molecule has 0 radical (unpaired) electrons. The molecule has 0 atom stereocenters. The van der Waals surface area contributed by atoms with E-state index < -0.39 is 21.3 Å². The van der Waals surface area contributed by atoms with Crippen molar-refractivity contribution >= 4 is 21.6 Å². The van der Waals surface area contributed by atoms with Gasteiger partial charge in [-0.05, 0) is 65.9 Å². The van der Waals surface area contributed by atoms with Crippen LogP contribution in [0, 0.1) is 5.82 Å². The second kappa shape index (κ2) is 7.32. The SMILES string of the molecule is NS(=O)(=O)c1cccc(-c2ccc(F)c(NC(=O)C3(c4ccc5c(c4)OCO5)CC3)c2)c1.[HH].[HH]. The highest BCUT2D eigenvalue weighted by atomic mass is 32.2. The van der Waals surface area contributed by atoms with Crippen molar-refractivity contribution < 1.29 is 29.9 Å². The molecule has 1 saturated carbocycles. The number of primary sulfonamides is 1. The van der Waals surface area contributed by atoms with E-state index in [2.05, 4.69) is 5.32 Å². The highest BCUT2D eigenvalue weighted by Gasteiger charge is 2.51. The first kappa shape index (κ1) is 20.5. The number of nitrogens with two attached hydrogens (primary N) is 1. The summed E-state index contributed by atoms with van der Waals surface area (Å²) in [6, 6.07) is 15.6. The van der Waals surface area contributed by atoms with Gasteiger partial charge in [-0.15, -0.1) is 0 Å². The first-order valence-corrected chi connectivity index (χ1v) is 11.5. The number of rotatable bonds is 5. The van der Waals surface area contributed by atoms with Crippen LogP contribution in [0.25, 0.3) is 11.1 Å². The maximum atomic E-state index is 14.5. The quantitative estimate of drug-likeness (QED) is 0.600. The Hall–Kier alpha value is -3.43. The molecule has 1 fully saturated rings. The third-order valence-electron chi connectivity index (χ3n) is 5.82. The van der Waals surface area contributed by atoms with Gasteiger partial charge in [0.05, 0.1) is 16.0 Å². The van der Waals surface area contributed by atoms with E-state index in [4.69, 9.17) is 14.6 Å². The lowest BCUT2D eigenvalue weighted by atomic mass is 9.94. The number of nitrogens with one attached hydrogen (secondary N) is 1. The Morgan fingerprint density at radius 1 is 1.00 bits per heavy atom. The van der Waals surface area contributed by atoms with E-state index in [0.717, 1.165) is 5.56 Å². The number of carbonyl (C=O) groups excluding carboxylic acids is 1. The van der Waals surface area contributed by atoms with Crippen molar-refractivity contribution in [1.29, 1.82) is 0 Å². The normalized spacial score (nSPS) is 15.9. The minimum absolute atomic E-state index is 0. The van der Waals surface area contributed by atoms with Crippen LogP contribution < -0.4 is 19.9 Å². The predicted octanol–water partition coefficient (Wildman–Crippen LogP) is 4.03. The minimum Gasteiger partial charge on any atom is -0.454 e. The van der Waals surface area contributed by atoms with Gasteiger partial charge in [0.2, 0.25) is 22.7 Å². The Bertz CT molecular complexity index is 1360. The third kappa shape index (κ3) is 3.59. The minimum atomic E-state index is -3.88. The second-order valence-electron chi connectivity index (χ2n) is 7.87. The molecule has 2 aliphatic rings. The average molecular weight is 459 g/mol.